The average molecular weight is 336 g/mol. The number of anilines is 1. The van der Waals surface area contributed by atoms with E-state index >= 15 is 0 Å². The number of hydrogen-bond acceptors (Lipinski definition) is 5. The van der Waals surface area contributed by atoms with Crippen molar-refractivity contribution in [3.8, 4) is 11.5 Å². The molecule has 120 valence electrons. The minimum atomic E-state index is -0.875. The summed E-state index contributed by atoms with van der Waals surface area (Å²) in [6.07, 6.45) is 0. The van der Waals surface area contributed by atoms with Gasteiger partial charge in [-0.1, -0.05) is 17.7 Å². The van der Waals surface area contributed by atoms with Crippen LogP contribution in [0.25, 0.3) is 0 Å². The summed E-state index contributed by atoms with van der Waals surface area (Å²) in [4.78, 5) is 23.6. The van der Waals surface area contributed by atoms with Crippen LogP contribution >= 0.6 is 11.6 Å². The summed E-state index contributed by atoms with van der Waals surface area (Å²) < 4.78 is 4.83. The zero-order valence-electron chi connectivity index (χ0n) is 12.2. The van der Waals surface area contributed by atoms with Crippen molar-refractivity contribution < 1.29 is 24.5 Å². The van der Waals surface area contributed by atoms with Gasteiger partial charge in [-0.15, -0.1) is 0 Å². The lowest BCUT2D eigenvalue weighted by atomic mass is 10.2. The Bertz CT molecular complexity index is 760. The maximum Gasteiger partial charge on any atom is 0.342 e. The molecule has 0 bridgehead atoms. The molecule has 0 heterocycles. The summed E-state index contributed by atoms with van der Waals surface area (Å²) >= 11 is 5.85. The van der Waals surface area contributed by atoms with Gasteiger partial charge in [0.25, 0.3) is 5.91 Å². The number of carbonyl (C=O) groups is 2. The summed E-state index contributed by atoms with van der Waals surface area (Å²) in [5.41, 5.74) is 1.19. The largest absolute Gasteiger partial charge is 0.508 e. The van der Waals surface area contributed by atoms with Gasteiger partial charge in [0.15, 0.2) is 6.61 Å². The van der Waals surface area contributed by atoms with Gasteiger partial charge in [-0.25, -0.2) is 4.79 Å². The van der Waals surface area contributed by atoms with Gasteiger partial charge < -0.3 is 20.3 Å². The Hall–Kier alpha value is -2.73. The van der Waals surface area contributed by atoms with E-state index in [1.165, 1.54) is 12.1 Å². The third-order valence-electron chi connectivity index (χ3n) is 3.01. The van der Waals surface area contributed by atoms with Crippen LogP contribution in [0.2, 0.25) is 5.02 Å². The van der Waals surface area contributed by atoms with E-state index in [0.717, 1.165) is 11.6 Å². The molecule has 23 heavy (non-hydrogen) atoms. The van der Waals surface area contributed by atoms with Crippen molar-refractivity contribution in [2.45, 2.75) is 6.92 Å². The molecule has 6 nitrogen and oxygen atoms in total. The van der Waals surface area contributed by atoms with Gasteiger partial charge in [-0.05, 0) is 36.8 Å². The Morgan fingerprint density at radius 2 is 1.91 bits per heavy atom. The van der Waals surface area contributed by atoms with Gasteiger partial charge >= 0.3 is 5.97 Å². The SMILES string of the molecule is Cc1ccc(Cl)cc1NC(=O)COC(=O)c1ccc(O)cc1O. The fourth-order valence-corrected chi connectivity index (χ4v) is 1.99. The summed E-state index contributed by atoms with van der Waals surface area (Å²) in [6.45, 7) is 1.28. The number of phenols is 2. The van der Waals surface area contributed by atoms with Gasteiger partial charge in [0.05, 0.1) is 0 Å². The molecular weight excluding hydrogens is 322 g/mol. The molecule has 0 saturated heterocycles. The van der Waals surface area contributed by atoms with Crippen LogP contribution in [0, 0.1) is 6.92 Å². The molecule has 0 aliphatic rings. The maximum atomic E-state index is 11.8. The number of benzene rings is 2. The molecular formula is C16H14ClNO5. The van der Waals surface area contributed by atoms with Gasteiger partial charge in [0, 0.05) is 16.8 Å². The zero-order valence-corrected chi connectivity index (χ0v) is 12.9. The zero-order chi connectivity index (χ0) is 17.0. The van der Waals surface area contributed by atoms with Gasteiger partial charge in [-0.2, -0.15) is 0 Å². The molecule has 0 fully saturated rings. The van der Waals surface area contributed by atoms with Crippen LogP contribution in [0.4, 0.5) is 5.69 Å². The first kappa shape index (κ1) is 16.6. The summed E-state index contributed by atoms with van der Waals surface area (Å²) in [5, 5.41) is 21.8. The predicted molar refractivity (Wildman–Crippen MR) is 84.9 cm³/mol. The highest BCUT2D eigenvalue weighted by atomic mass is 35.5. The van der Waals surface area contributed by atoms with E-state index in [1.54, 1.807) is 25.1 Å². The van der Waals surface area contributed by atoms with E-state index in [1.807, 2.05) is 0 Å². The lowest BCUT2D eigenvalue weighted by Crippen LogP contribution is -2.21. The molecule has 0 atom stereocenters. The number of halogens is 1. The molecule has 0 radical (unpaired) electrons. The van der Waals surface area contributed by atoms with Crippen molar-refractivity contribution >= 4 is 29.2 Å². The Balaban J connectivity index is 1.96. The van der Waals surface area contributed by atoms with Crippen LogP contribution in [0.1, 0.15) is 15.9 Å². The highest BCUT2D eigenvalue weighted by molar-refractivity contribution is 6.31. The Kier molecular flexibility index (Phi) is 5.08. The van der Waals surface area contributed by atoms with E-state index in [9.17, 15) is 14.7 Å². The highest BCUT2D eigenvalue weighted by Gasteiger charge is 2.15. The quantitative estimate of drug-likeness (QED) is 0.747. The number of amides is 1. The van der Waals surface area contributed by atoms with Gasteiger partial charge in [-0.3, -0.25) is 4.79 Å². The van der Waals surface area contributed by atoms with E-state index in [2.05, 4.69) is 5.32 Å². The first-order chi connectivity index (χ1) is 10.9. The van der Waals surface area contributed by atoms with Crippen molar-refractivity contribution in [1.29, 1.82) is 0 Å². The normalized spacial score (nSPS) is 10.2. The van der Waals surface area contributed by atoms with Crippen LogP contribution in [-0.2, 0) is 9.53 Å². The number of aryl methyl sites for hydroxylation is 1. The summed E-state index contributed by atoms with van der Waals surface area (Å²) in [5.74, 6) is -2.03. The second-order valence-electron chi connectivity index (χ2n) is 4.79. The van der Waals surface area contributed by atoms with Crippen LogP contribution in [-0.4, -0.2) is 28.7 Å². The number of nitrogens with one attached hydrogen (secondary N) is 1. The van der Waals surface area contributed by atoms with Crippen molar-refractivity contribution in [3.63, 3.8) is 0 Å². The lowest BCUT2D eigenvalue weighted by molar-refractivity contribution is -0.119. The van der Waals surface area contributed by atoms with Crippen molar-refractivity contribution in [3.05, 3.63) is 52.5 Å². The van der Waals surface area contributed by atoms with Crippen LogP contribution in [0.5, 0.6) is 11.5 Å². The smallest absolute Gasteiger partial charge is 0.342 e. The monoisotopic (exact) mass is 335 g/mol. The molecule has 2 aromatic carbocycles. The topological polar surface area (TPSA) is 95.9 Å². The van der Waals surface area contributed by atoms with Crippen molar-refractivity contribution in [2.24, 2.45) is 0 Å². The Morgan fingerprint density at radius 3 is 2.61 bits per heavy atom. The Labute approximate surface area is 137 Å². The Morgan fingerprint density at radius 1 is 1.17 bits per heavy atom. The van der Waals surface area contributed by atoms with E-state index < -0.39 is 24.2 Å². The standard InChI is InChI=1S/C16H14ClNO5/c1-9-2-3-10(17)6-13(9)18-15(21)8-23-16(22)12-5-4-11(19)7-14(12)20/h2-7,19-20H,8H2,1H3,(H,18,21). The average Bonchev–Trinajstić information content (AvgIpc) is 2.48. The highest BCUT2D eigenvalue weighted by Crippen LogP contribution is 2.23. The first-order valence-corrected chi connectivity index (χ1v) is 6.99. The maximum absolute atomic E-state index is 11.8. The van der Waals surface area contributed by atoms with Gasteiger partial charge in [0.1, 0.15) is 17.1 Å². The summed E-state index contributed by atoms with van der Waals surface area (Å²) in [6, 6.07) is 8.46. The van der Waals surface area contributed by atoms with Gasteiger partial charge in [0.2, 0.25) is 0 Å². The molecule has 0 aliphatic heterocycles. The second-order valence-corrected chi connectivity index (χ2v) is 5.22. The number of esters is 1. The molecule has 0 unspecified atom stereocenters. The lowest BCUT2D eigenvalue weighted by Gasteiger charge is -2.10. The third-order valence-corrected chi connectivity index (χ3v) is 3.24. The molecule has 0 aliphatic carbocycles. The molecule has 1 amide bonds. The number of hydrogen-bond donors (Lipinski definition) is 3. The molecule has 3 N–H and O–H groups in total. The number of ether oxygens (including phenoxy) is 1. The molecule has 7 heteroatoms. The van der Waals surface area contributed by atoms with E-state index in [-0.39, 0.29) is 11.3 Å². The van der Waals surface area contributed by atoms with Crippen LogP contribution in [0.15, 0.2) is 36.4 Å². The minimum Gasteiger partial charge on any atom is -0.508 e. The van der Waals surface area contributed by atoms with Crippen molar-refractivity contribution in [2.75, 3.05) is 11.9 Å². The van der Waals surface area contributed by atoms with Crippen molar-refractivity contribution in [1.82, 2.24) is 0 Å². The summed E-state index contributed by atoms with van der Waals surface area (Å²) in [7, 11) is 0. The number of aromatic hydroxyl groups is 2. The van der Waals surface area contributed by atoms with Crippen LogP contribution in [0.3, 0.4) is 0 Å². The number of carbonyl (C=O) groups excluding carboxylic acids is 2. The third kappa shape index (κ3) is 4.37. The predicted octanol–water partition coefficient (Wildman–Crippen LogP) is 2.86. The van der Waals surface area contributed by atoms with E-state index in [0.29, 0.717) is 10.7 Å². The molecule has 2 rings (SSSR count). The number of phenolic OH excluding ortho intramolecular Hbond substituents is 2. The van der Waals surface area contributed by atoms with E-state index in [4.69, 9.17) is 21.4 Å². The molecule has 0 aromatic heterocycles. The second kappa shape index (κ2) is 7.02. The fourth-order valence-electron chi connectivity index (χ4n) is 1.82. The van der Waals surface area contributed by atoms with Crippen LogP contribution < -0.4 is 5.32 Å². The minimum absolute atomic E-state index is 0.144. The molecule has 0 saturated carbocycles. The number of rotatable bonds is 4. The first-order valence-electron chi connectivity index (χ1n) is 6.62. The fraction of sp³-hybridized carbons (Fsp3) is 0.125. The molecule has 0 spiro atoms. The molecule has 2 aromatic rings.